The van der Waals surface area contributed by atoms with Crippen LogP contribution in [0.1, 0.15) is 39.0 Å². The fourth-order valence-corrected chi connectivity index (χ4v) is 2.14. The van der Waals surface area contributed by atoms with Gasteiger partial charge in [0.05, 0.1) is 0 Å². The molecule has 0 bridgehead atoms. The van der Waals surface area contributed by atoms with Crippen molar-refractivity contribution in [2.75, 3.05) is 0 Å². The normalized spacial score (nSPS) is 30.6. The molecule has 2 unspecified atom stereocenters. The van der Waals surface area contributed by atoms with Crippen molar-refractivity contribution in [3.63, 3.8) is 0 Å². The zero-order valence-corrected chi connectivity index (χ0v) is 7.05. The first-order chi connectivity index (χ1) is 5.24. The molecule has 0 aromatic carbocycles. The molecule has 2 nitrogen and oxygen atoms in total. The second kappa shape index (κ2) is 3.74. The maximum atomic E-state index is 10.4. The molecule has 1 saturated carbocycles. The molecule has 0 spiro atoms. The molecule has 0 aromatic rings. The molecule has 2 heteroatoms. The van der Waals surface area contributed by atoms with Gasteiger partial charge in [0.15, 0.2) is 0 Å². The Morgan fingerprint density at radius 2 is 2.09 bits per heavy atom. The highest BCUT2D eigenvalue weighted by atomic mass is 16.4. The molecule has 0 heterocycles. The fraction of sp³-hybridized carbons (Fsp3) is 0.889. The molecule has 1 N–H and O–H groups in total. The summed E-state index contributed by atoms with van der Waals surface area (Å²) in [4.78, 5) is 10.4. The Kier molecular flexibility index (Phi) is 2.92. The van der Waals surface area contributed by atoms with Gasteiger partial charge in [0, 0.05) is 6.42 Å². The third-order valence-corrected chi connectivity index (χ3v) is 2.78. The molecule has 0 aliphatic heterocycles. The maximum Gasteiger partial charge on any atom is 0.303 e. The third-order valence-electron chi connectivity index (χ3n) is 2.78. The summed E-state index contributed by atoms with van der Waals surface area (Å²) in [5.41, 5.74) is 0. The van der Waals surface area contributed by atoms with E-state index in [9.17, 15) is 4.79 Å². The second-order valence-corrected chi connectivity index (χ2v) is 3.46. The van der Waals surface area contributed by atoms with Gasteiger partial charge in [0.25, 0.3) is 0 Å². The lowest BCUT2D eigenvalue weighted by Crippen LogP contribution is -2.11. The van der Waals surface area contributed by atoms with Crippen LogP contribution in [0, 0.1) is 11.8 Å². The average molecular weight is 156 g/mol. The van der Waals surface area contributed by atoms with E-state index in [1.165, 1.54) is 12.8 Å². The molecule has 11 heavy (non-hydrogen) atoms. The molecular weight excluding hydrogens is 140 g/mol. The Balaban J connectivity index is 2.37. The molecule has 1 aliphatic carbocycles. The third kappa shape index (κ3) is 2.21. The standard InChI is InChI=1S/C9H16O2/c1-2-7-4-3-5-8(7)6-9(10)11/h7-8H,2-6H2,1H3,(H,10,11). The Morgan fingerprint density at radius 3 is 2.64 bits per heavy atom. The van der Waals surface area contributed by atoms with Gasteiger partial charge in [-0.05, 0) is 18.3 Å². The predicted molar refractivity (Wildman–Crippen MR) is 43.4 cm³/mol. The van der Waals surface area contributed by atoms with Crippen molar-refractivity contribution in [2.24, 2.45) is 11.8 Å². The van der Waals surface area contributed by atoms with Gasteiger partial charge in [-0.2, -0.15) is 0 Å². The first-order valence-electron chi connectivity index (χ1n) is 4.45. The van der Waals surface area contributed by atoms with Crippen LogP contribution in [0.2, 0.25) is 0 Å². The molecule has 1 aliphatic rings. The van der Waals surface area contributed by atoms with Crippen LogP contribution in [-0.4, -0.2) is 11.1 Å². The second-order valence-electron chi connectivity index (χ2n) is 3.46. The zero-order chi connectivity index (χ0) is 8.27. The number of hydrogen-bond donors (Lipinski definition) is 1. The Bertz CT molecular complexity index is 142. The van der Waals surface area contributed by atoms with Gasteiger partial charge in [-0.1, -0.05) is 26.2 Å². The molecule has 1 fully saturated rings. The summed E-state index contributed by atoms with van der Waals surface area (Å²) >= 11 is 0. The smallest absolute Gasteiger partial charge is 0.303 e. The van der Waals surface area contributed by atoms with E-state index in [2.05, 4.69) is 6.92 Å². The number of carboxylic acids is 1. The predicted octanol–water partition coefficient (Wildman–Crippen LogP) is 2.29. The minimum Gasteiger partial charge on any atom is -0.481 e. The van der Waals surface area contributed by atoms with E-state index < -0.39 is 5.97 Å². The van der Waals surface area contributed by atoms with Crippen LogP contribution in [0.15, 0.2) is 0 Å². The van der Waals surface area contributed by atoms with Gasteiger partial charge < -0.3 is 5.11 Å². The van der Waals surface area contributed by atoms with Gasteiger partial charge in [-0.25, -0.2) is 0 Å². The highest BCUT2D eigenvalue weighted by Gasteiger charge is 2.27. The van der Waals surface area contributed by atoms with Crippen LogP contribution >= 0.6 is 0 Å². The van der Waals surface area contributed by atoms with Gasteiger partial charge in [0.2, 0.25) is 0 Å². The van der Waals surface area contributed by atoms with E-state index in [1.54, 1.807) is 0 Å². The minimum atomic E-state index is -0.629. The molecule has 1 rings (SSSR count). The fourth-order valence-electron chi connectivity index (χ4n) is 2.14. The van der Waals surface area contributed by atoms with Gasteiger partial charge in [-0.15, -0.1) is 0 Å². The summed E-state index contributed by atoms with van der Waals surface area (Å²) in [7, 11) is 0. The summed E-state index contributed by atoms with van der Waals surface area (Å²) in [6.07, 6.45) is 5.14. The molecule has 0 radical (unpaired) electrons. The van der Waals surface area contributed by atoms with E-state index in [4.69, 9.17) is 5.11 Å². The molecule has 64 valence electrons. The van der Waals surface area contributed by atoms with E-state index in [1.807, 2.05) is 0 Å². The molecule has 0 aromatic heterocycles. The molecule has 0 saturated heterocycles. The van der Waals surface area contributed by atoms with E-state index in [-0.39, 0.29) is 0 Å². The van der Waals surface area contributed by atoms with Crippen molar-refractivity contribution in [2.45, 2.75) is 39.0 Å². The first kappa shape index (κ1) is 8.57. The van der Waals surface area contributed by atoms with Crippen molar-refractivity contribution in [3.8, 4) is 0 Å². The van der Waals surface area contributed by atoms with Crippen molar-refractivity contribution >= 4 is 5.97 Å². The first-order valence-corrected chi connectivity index (χ1v) is 4.45. The van der Waals surface area contributed by atoms with E-state index >= 15 is 0 Å². The summed E-state index contributed by atoms with van der Waals surface area (Å²) in [6.45, 7) is 2.16. The van der Waals surface area contributed by atoms with E-state index in [0.29, 0.717) is 18.3 Å². The van der Waals surface area contributed by atoms with Crippen LogP contribution in [-0.2, 0) is 4.79 Å². The Hall–Kier alpha value is -0.530. The number of carboxylic acid groups (broad SMARTS) is 1. The van der Waals surface area contributed by atoms with Crippen molar-refractivity contribution in [1.82, 2.24) is 0 Å². The number of rotatable bonds is 3. The highest BCUT2D eigenvalue weighted by molar-refractivity contribution is 5.67. The topological polar surface area (TPSA) is 37.3 Å². The van der Waals surface area contributed by atoms with Crippen molar-refractivity contribution in [1.29, 1.82) is 0 Å². The molecule has 0 amide bonds. The lowest BCUT2D eigenvalue weighted by atomic mass is 9.91. The lowest BCUT2D eigenvalue weighted by molar-refractivity contribution is -0.138. The van der Waals surface area contributed by atoms with Crippen molar-refractivity contribution < 1.29 is 9.90 Å². The van der Waals surface area contributed by atoms with Crippen LogP contribution in [0.25, 0.3) is 0 Å². The lowest BCUT2D eigenvalue weighted by Gasteiger charge is -2.14. The van der Waals surface area contributed by atoms with Crippen LogP contribution in [0.4, 0.5) is 0 Å². The summed E-state index contributed by atoms with van der Waals surface area (Å²) in [6, 6.07) is 0. The van der Waals surface area contributed by atoms with Crippen molar-refractivity contribution in [3.05, 3.63) is 0 Å². The summed E-state index contributed by atoms with van der Waals surface area (Å²) in [5.74, 6) is 0.527. The van der Waals surface area contributed by atoms with Crippen LogP contribution in [0.5, 0.6) is 0 Å². The van der Waals surface area contributed by atoms with Gasteiger partial charge in [-0.3, -0.25) is 4.79 Å². The SMILES string of the molecule is CCC1CCCC1CC(=O)O. The number of hydrogen-bond acceptors (Lipinski definition) is 1. The molecular formula is C9H16O2. The maximum absolute atomic E-state index is 10.4. The number of carbonyl (C=O) groups is 1. The highest BCUT2D eigenvalue weighted by Crippen LogP contribution is 2.35. The quantitative estimate of drug-likeness (QED) is 0.680. The summed E-state index contributed by atoms with van der Waals surface area (Å²) in [5, 5.41) is 8.59. The Labute approximate surface area is 67.6 Å². The van der Waals surface area contributed by atoms with Gasteiger partial charge in [0.1, 0.15) is 0 Å². The van der Waals surface area contributed by atoms with E-state index in [0.717, 1.165) is 12.8 Å². The minimum absolute atomic E-state index is 0.387. The Morgan fingerprint density at radius 1 is 1.45 bits per heavy atom. The summed E-state index contributed by atoms with van der Waals surface area (Å²) < 4.78 is 0. The monoisotopic (exact) mass is 156 g/mol. The molecule has 2 atom stereocenters. The van der Waals surface area contributed by atoms with Crippen LogP contribution < -0.4 is 0 Å². The largest absolute Gasteiger partial charge is 0.481 e. The zero-order valence-electron chi connectivity index (χ0n) is 7.05. The van der Waals surface area contributed by atoms with Crippen LogP contribution in [0.3, 0.4) is 0 Å². The average Bonchev–Trinajstić information content (AvgIpc) is 2.34. The van der Waals surface area contributed by atoms with Gasteiger partial charge >= 0.3 is 5.97 Å². The number of aliphatic carboxylic acids is 1.